The van der Waals surface area contributed by atoms with E-state index in [1.165, 1.54) is 17.3 Å². The summed E-state index contributed by atoms with van der Waals surface area (Å²) in [6, 6.07) is 6.86. The SMILES string of the molecule is Brc1ccc2c(c1)C1C3C=CC(C3)C1C2. The first kappa shape index (κ1) is 8.58. The zero-order chi connectivity index (χ0) is 9.99. The van der Waals surface area contributed by atoms with E-state index >= 15 is 0 Å². The lowest BCUT2D eigenvalue weighted by molar-refractivity contribution is 0.426. The average molecular weight is 261 g/mol. The summed E-state index contributed by atoms with van der Waals surface area (Å²) in [5.41, 5.74) is 3.23. The summed E-state index contributed by atoms with van der Waals surface area (Å²) in [5, 5.41) is 0. The third kappa shape index (κ3) is 1.02. The molecular formula is C14H13Br. The first-order valence-electron chi connectivity index (χ1n) is 5.79. The van der Waals surface area contributed by atoms with Crippen LogP contribution < -0.4 is 0 Å². The molecule has 1 aromatic carbocycles. The van der Waals surface area contributed by atoms with Gasteiger partial charge in [0.1, 0.15) is 0 Å². The van der Waals surface area contributed by atoms with Crippen molar-refractivity contribution in [1.29, 1.82) is 0 Å². The fraction of sp³-hybridized carbons (Fsp3) is 0.429. The van der Waals surface area contributed by atoms with E-state index in [4.69, 9.17) is 0 Å². The van der Waals surface area contributed by atoms with Crippen LogP contribution in [-0.2, 0) is 6.42 Å². The van der Waals surface area contributed by atoms with Crippen molar-refractivity contribution in [3.05, 3.63) is 46.0 Å². The Bertz CT molecular complexity index is 460. The number of allylic oxidation sites excluding steroid dienone is 2. The summed E-state index contributed by atoms with van der Waals surface area (Å²) in [5.74, 6) is 3.48. The van der Waals surface area contributed by atoms with Crippen LogP contribution in [-0.4, -0.2) is 0 Å². The molecule has 3 aliphatic rings. The fourth-order valence-corrected chi connectivity index (χ4v) is 4.36. The van der Waals surface area contributed by atoms with Crippen molar-refractivity contribution in [2.45, 2.75) is 18.8 Å². The summed E-state index contributed by atoms with van der Waals surface area (Å²) in [6.45, 7) is 0. The van der Waals surface area contributed by atoms with E-state index in [0.29, 0.717) is 0 Å². The molecular weight excluding hydrogens is 248 g/mol. The Morgan fingerprint density at radius 3 is 2.93 bits per heavy atom. The molecule has 0 spiro atoms. The van der Waals surface area contributed by atoms with Gasteiger partial charge in [-0.1, -0.05) is 34.1 Å². The lowest BCUT2D eigenvalue weighted by Crippen LogP contribution is -2.12. The molecule has 2 bridgehead atoms. The minimum atomic E-state index is 0.840. The van der Waals surface area contributed by atoms with Gasteiger partial charge < -0.3 is 0 Å². The highest BCUT2D eigenvalue weighted by atomic mass is 79.9. The second kappa shape index (κ2) is 2.76. The molecule has 0 nitrogen and oxygen atoms in total. The molecule has 15 heavy (non-hydrogen) atoms. The van der Waals surface area contributed by atoms with Crippen molar-refractivity contribution in [3.63, 3.8) is 0 Å². The molecule has 0 saturated heterocycles. The molecule has 1 heteroatoms. The van der Waals surface area contributed by atoms with Crippen molar-refractivity contribution in [2.75, 3.05) is 0 Å². The lowest BCUT2D eigenvalue weighted by atomic mass is 9.84. The van der Waals surface area contributed by atoms with Gasteiger partial charge >= 0.3 is 0 Å². The maximum atomic E-state index is 3.60. The largest absolute Gasteiger partial charge is 0.0848 e. The van der Waals surface area contributed by atoms with Crippen molar-refractivity contribution < 1.29 is 0 Å². The maximum Gasteiger partial charge on any atom is 0.0178 e. The van der Waals surface area contributed by atoms with Gasteiger partial charge in [0.15, 0.2) is 0 Å². The van der Waals surface area contributed by atoms with Crippen LogP contribution in [0.3, 0.4) is 0 Å². The van der Waals surface area contributed by atoms with Crippen LogP contribution in [0.15, 0.2) is 34.8 Å². The van der Waals surface area contributed by atoms with Gasteiger partial charge in [0.2, 0.25) is 0 Å². The zero-order valence-electron chi connectivity index (χ0n) is 8.49. The first-order chi connectivity index (χ1) is 7.33. The normalized spacial score (nSPS) is 39.5. The van der Waals surface area contributed by atoms with E-state index in [-0.39, 0.29) is 0 Å². The Labute approximate surface area is 98.5 Å². The van der Waals surface area contributed by atoms with Crippen molar-refractivity contribution in [3.8, 4) is 0 Å². The molecule has 4 atom stereocenters. The predicted octanol–water partition coefficient (Wildman–Crippen LogP) is 3.91. The van der Waals surface area contributed by atoms with Gasteiger partial charge in [-0.05, 0) is 59.8 Å². The molecule has 1 aromatic rings. The van der Waals surface area contributed by atoms with Crippen LogP contribution in [0.1, 0.15) is 23.5 Å². The number of fused-ring (bicyclic) bond motifs is 7. The molecule has 4 rings (SSSR count). The molecule has 3 aliphatic carbocycles. The van der Waals surface area contributed by atoms with E-state index in [1.807, 2.05) is 0 Å². The van der Waals surface area contributed by atoms with Gasteiger partial charge in [0, 0.05) is 4.47 Å². The van der Waals surface area contributed by atoms with Crippen LogP contribution in [0.5, 0.6) is 0 Å². The quantitative estimate of drug-likeness (QED) is 0.621. The monoisotopic (exact) mass is 260 g/mol. The third-order valence-corrected chi connectivity index (χ3v) is 5.04. The number of rotatable bonds is 0. The highest BCUT2D eigenvalue weighted by Crippen LogP contribution is 2.58. The second-order valence-electron chi connectivity index (χ2n) is 5.19. The summed E-state index contributed by atoms with van der Waals surface area (Å²) in [7, 11) is 0. The molecule has 4 unspecified atom stereocenters. The van der Waals surface area contributed by atoms with E-state index in [0.717, 1.165) is 23.7 Å². The van der Waals surface area contributed by atoms with E-state index in [1.54, 1.807) is 11.1 Å². The Balaban J connectivity index is 1.88. The minimum absolute atomic E-state index is 0.840. The highest BCUT2D eigenvalue weighted by Gasteiger charge is 2.48. The summed E-state index contributed by atoms with van der Waals surface area (Å²) >= 11 is 3.60. The summed E-state index contributed by atoms with van der Waals surface area (Å²) in [6.07, 6.45) is 7.66. The second-order valence-corrected chi connectivity index (χ2v) is 6.10. The average Bonchev–Trinajstić information content (AvgIpc) is 2.85. The number of hydrogen-bond acceptors (Lipinski definition) is 0. The molecule has 0 aromatic heterocycles. The van der Waals surface area contributed by atoms with Crippen molar-refractivity contribution in [2.24, 2.45) is 17.8 Å². The topological polar surface area (TPSA) is 0 Å². The first-order valence-corrected chi connectivity index (χ1v) is 6.59. The summed E-state index contributed by atoms with van der Waals surface area (Å²) in [4.78, 5) is 0. The molecule has 0 N–H and O–H groups in total. The predicted molar refractivity (Wildman–Crippen MR) is 64.8 cm³/mol. The van der Waals surface area contributed by atoms with E-state index in [9.17, 15) is 0 Å². The van der Waals surface area contributed by atoms with Crippen LogP contribution in [0, 0.1) is 17.8 Å². The lowest BCUT2D eigenvalue weighted by Gasteiger charge is -2.20. The molecule has 0 radical (unpaired) electrons. The summed E-state index contributed by atoms with van der Waals surface area (Å²) < 4.78 is 1.24. The Morgan fingerprint density at radius 2 is 2.00 bits per heavy atom. The Kier molecular flexibility index (Phi) is 1.58. The molecule has 0 heterocycles. The van der Waals surface area contributed by atoms with Crippen molar-refractivity contribution >= 4 is 15.9 Å². The standard InChI is InChI=1S/C14H13Br/c15-11-4-3-9-6-12-8-1-2-10(5-8)14(12)13(9)7-11/h1-4,7-8,10,12,14H,5-6H2. The van der Waals surface area contributed by atoms with Crippen molar-refractivity contribution in [1.82, 2.24) is 0 Å². The van der Waals surface area contributed by atoms with Crippen LogP contribution in [0.2, 0.25) is 0 Å². The molecule has 1 saturated carbocycles. The highest BCUT2D eigenvalue weighted by molar-refractivity contribution is 9.10. The smallest absolute Gasteiger partial charge is 0.0178 e. The number of halogens is 1. The van der Waals surface area contributed by atoms with Crippen LogP contribution in [0.25, 0.3) is 0 Å². The van der Waals surface area contributed by atoms with Crippen LogP contribution in [0.4, 0.5) is 0 Å². The molecule has 76 valence electrons. The molecule has 1 fully saturated rings. The molecule has 0 amide bonds. The Morgan fingerprint density at radius 1 is 1.13 bits per heavy atom. The van der Waals surface area contributed by atoms with Gasteiger partial charge in [-0.2, -0.15) is 0 Å². The van der Waals surface area contributed by atoms with Gasteiger partial charge in [-0.3, -0.25) is 0 Å². The third-order valence-electron chi connectivity index (χ3n) is 4.54. The number of benzene rings is 1. The minimum Gasteiger partial charge on any atom is -0.0848 e. The number of hydrogen-bond donors (Lipinski definition) is 0. The zero-order valence-corrected chi connectivity index (χ0v) is 10.1. The Hall–Kier alpha value is -0.560. The van der Waals surface area contributed by atoms with Gasteiger partial charge in [-0.15, -0.1) is 0 Å². The van der Waals surface area contributed by atoms with E-state index in [2.05, 4.69) is 46.3 Å². The van der Waals surface area contributed by atoms with Crippen LogP contribution >= 0.6 is 15.9 Å². The van der Waals surface area contributed by atoms with Gasteiger partial charge in [0.05, 0.1) is 0 Å². The molecule has 0 aliphatic heterocycles. The van der Waals surface area contributed by atoms with E-state index < -0.39 is 0 Å². The maximum absolute atomic E-state index is 3.60. The van der Waals surface area contributed by atoms with Gasteiger partial charge in [0.25, 0.3) is 0 Å². The fourth-order valence-electron chi connectivity index (χ4n) is 3.98. The van der Waals surface area contributed by atoms with Gasteiger partial charge in [-0.25, -0.2) is 0 Å².